The fourth-order valence-corrected chi connectivity index (χ4v) is 6.01. The number of carboxylic acids is 1. The van der Waals surface area contributed by atoms with Crippen LogP contribution in [0.15, 0.2) is 48.5 Å². The van der Waals surface area contributed by atoms with Gasteiger partial charge in [-0.3, -0.25) is 9.59 Å². The van der Waals surface area contributed by atoms with Gasteiger partial charge >= 0.3 is 12.1 Å². The molecule has 2 aromatic carbocycles. The van der Waals surface area contributed by atoms with Gasteiger partial charge in [0.15, 0.2) is 0 Å². The summed E-state index contributed by atoms with van der Waals surface area (Å²) in [4.78, 5) is 38.4. The second-order valence-corrected chi connectivity index (χ2v) is 10.0. The first-order valence-electron chi connectivity index (χ1n) is 12.6. The number of amides is 2. The number of fused-ring (bicyclic) bond motifs is 3. The Morgan fingerprint density at radius 1 is 0.914 bits per heavy atom. The smallest absolute Gasteiger partial charge is 0.407 e. The number of likely N-dealkylation sites (tertiary alicyclic amines) is 1. The summed E-state index contributed by atoms with van der Waals surface area (Å²) in [6, 6.07) is 16.4. The molecule has 0 spiro atoms. The standard InChI is InChI=1S/C28H32N2O5/c31-26(32)15-18-11-13-30(14-12-18)27(33)19-9-10-20(16-19)29-28(34)35-17-25-23-7-3-1-5-21(23)22-6-2-4-8-24(22)25/h1-8,18-20,25H,9-17H2,(H,29,34)(H,31,32)/t19-,20+/m0/s1. The molecule has 1 heterocycles. The number of carboxylic acid groups (broad SMARTS) is 1. The zero-order chi connectivity index (χ0) is 24.4. The molecule has 7 heteroatoms. The van der Waals surface area contributed by atoms with Gasteiger partial charge in [-0.1, -0.05) is 48.5 Å². The molecule has 3 aliphatic rings. The lowest BCUT2D eigenvalue weighted by Crippen LogP contribution is -2.42. The summed E-state index contributed by atoms with van der Waals surface area (Å²) in [7, 11) is 0. The van der Waals surface area contributed by atoms with E-state index in [1.807, 2.05) is 29.2 Å². The van der Waals surface area contributed by atoms with Crippen LogP contribution in [0, 0.1) is 11.8 Å². The first-order chi connectivity index (χ1) is 17.0. The predicted octanol–water partition coefficient (Wildman–Crippen LogP) is 4.41. The third kappa shape index (κ3) is 5.04. The highest BCUT2D eigenvalue weighted by atomic mass is 16.5. The van der Waals surface area contributed by atoms with E-state index in [1.54, 1.807) is 0 Å². The minimum atomic E-state index is -0.771. The number of benzene rings is 2. The van der Waals surface area contributed by atoms with Gasteiger partial charge < -0.3 is 20.1 Å². The summed E-state index contributed by atoms with van der Waals surface area (Å²) in [6.07, 6.45) is 3.37. The molecule has 2 N–H and O–H groups in total. The van der Waals surface area contributed by atoms with Crippen molar-refractivity contribution in [1.29, 1.82) is 0 Å². The van der Waals surface area contributed by atoms with E-state index in [-0.39, 0.29) is 42.7 Å². The molecule has 1 aliphatic heterocycles. The number of piperidine rings is 1. The Morgan fingerprint density at radius 3 is 2.17 bits per heavy atom. The van der Waals surface area contributed by atoms with E-state index in [0.29, 0.717) is 19.5 Å². The second-order valence-electron chi connectivity index (χ2n) is 10.0. The van der Waals surface area contributed by atoms with Crippen molar-refractivity contribution in [1.82, 2.24) is 10.2 Å². The largest absolute Gasteiger partial charge is 0.481 e. The lowest BCUT2D eigenvalue weighted by molar-refractivity contribution is -0.139. The summed E-state index contributed by atoms with van der Waals surface area (Å²) < 4.78 is 5.66. The van der Waals surface area contributed by atoms with Gasteiger partial charge in [-0.15, -0.1) is 0 Å². The quantitative estimate of drug-likeness (QED) is 0.644. The van der Waals surface area contributed by atoms with Crippen LogP contribution in [0.4, 0.5) is 4.79 Å². The first-order valence-corrected chi connectivity index (χ1v) is 12.6. The van der Waals surface area contributed by atoms with Crippen molar-refractivity contribution in [2.45, 2.75) is 50.5 Å². The SMILES string of the molecule is O=C(O)CC1CCN(C(=O)[C@H]2CC[C@@H](NC(=O)OCC3c4ccccc4-c4ccccc43)C2)CC1. The van der Waals surface area contributed by atoms with Gasteiger partial charge in [0.1, 0.15) is 6.61 Å². The molecule has 0 unspecified atom stereocenters. The van der Waals surface area contributed by atoms with Crippen molar-refractivity contribution < 1.29 is 24.2 Å². The average molecular weight is 477 g/mol. The van der Waals surface area contributed by atoms with Crippen LogP contribution in [0.3, 0.4) is 0 Å². The molecule has 35 heavy (non-hydrogen) atoms. The molecule has 0 bridgehead atoms. The van der Waals surface area contributed by atoms with Gasteiger partial charge in [-0.25, -0.2) is 4.79 Å². The topological polar surface area (TPSA) is 95.9 Å². The third-order valence-electron chi connectivity index (χ3n) is 7.84. The number of aliphatic carboxylic acids is 1. The summed E-state index contributed by atoms with van der Waals surface area (Å²) in [5, 5.41) is 11.9. The molecule has 2 atom stereocenters. The number of hydrogen-bond donors (Lipinski definition) is 2. The predicted molar refractivity (Wildman–Crippen MR) is 131 cm³/mol. The van der Waals surface area contributed by atoms with E-state index in [2.05, 4.69) is 29.6 Å². The van der Waals surface area contributed by atoms with Crippen LogP contribution < -0.4 is 5.32 Å². The molecule has 2 fully saturated rings. The molecular formula is C28H32N2O5. The molecule has 1 saturated heterocycles. The van der Waals surface area contributed by atoms with E-state index in [9.17, 15) is 14.4 Å². The van der Waals surface area contributed by atoms with Gasteiger partial charge in [0.25, 0.3) is 0 Å². The summed E-state index contributed by atoms with van der Waals surface area (Å²) in [5.74, 6) is -0.550. The molecule has 1 saturated carbocycles. The fraction of sp³-hybridized carbons (Fsp3) is 0.464. The lowest BCUT2D eigenvalue weighted by Gasteiger charge is -2.33. The number of alkyl carbamates (subject to hydrolysis) is 1. The van der Waals surface area contributed by atoms with Crippen molar-refractivity contribution in [3.05, 3.63) is 59.7 Å². The number of ether oxygens (including phenoxy) is 1. The monoisotopic (exact) mass is 476 g/mol. The average Bonchev–Trinajstić information content (AvgIpc) is 3.45. The Kier molecular flexibility index (Phi) is 6.75. The Labute approximate surface area is 205 Å². The minimum absolute atomic E-state index is 0.0232. The van der Waals surface area contributed by atoms with Crippen molar-refractivity contribution in [2.75, 3.05) is 19.7 Å². The fourth-order valence-electron chi connectivity index (χ4n) is 6.01. The van der Waals surface area contributed by atoms with E-state index in [1.165, 1.54) is 22.3 Å². The van der Waals surface area contributed by atoms with E-state index >= 15 is 0 Å². The van der Waals surface area contributed by atoms with E-state index in [0.717, 1.165) is 25.7 Å². The Hall–Kier alpha value is -3.35. The zero-order valence-electron chi connectivity index (χ0n) is 19.8. The highest BCUT2D eigenvalue weighted by Gasteiger charge is 2.35. The van der Waals surface area contributed by atoms with Gasteiger partial charge in [0, 0.05) is 37.4 Å². The third-order valence-corrected chi connectivity index (χ3v) is 7.84. The first kappa shape index (κ1) is 23.4. The molecule has 7 nitrogen and oxygen atoms in total. The number of carbonyl (C=O) groups excluding carboxylic acids is 2. The number of carbonyl (C=O) groups is 3. The molecular weight excluding hydrogens is 444 g/mol. The summed E-state index contributed by atoms with van der Waals surface area (Å²) in [6.45, 7) is 1.52. The van der Waals surface area contributed by atoms with Gasteiger partial charge in [-0.05, 0) is 60.3 Å². The summed E-state index contributed by atoms with van der Waals surface area (Å²) in [5.41, 5.74) is 4.75. The Balaban J connectivity index is 1.10. The van der Waals surface area contributed by atoms with Crippen molar-refractivity contribution in [3.8, 4) is 11.1 Å². The molecule has 0 aromatic heterocycles. The van der Waals surface area contributed by atoms with Gasteiger partial charge in [0.2, 0.25) is 5.91 Å². The number of nitrogens with zero attached hydrogens (tertiary/aromatic N) is 1. The maximum absolute atomic E-state index is 13.0. The van der Waals surface area contributed by atoms with Crippen LogP contribution in [0.2, 0.25) is 0 Å². The number of rotatable bonds is 6. The molecule has 2 aliphatic carbocycles. The van der Waals surface area contributed by atoms with Crippen LogP contribution >= 0.6 is 0 Å². The van der Waals surface area contributed by atoms with E-state index < -0.39 is 12.1 Å². The molecule has 2 aromatic rings. The van der Waals surface area contributed by atoms with Gasteiger partial charge in [0.05, 0.1) is 0 Å². The maximum atomic E-state index is 13.0. The molecule has 0 radical (unpaired) electrons. The highest BCUT2D eigenvalue weighted by molar-refractivity contribution is 5.80. The van der Waals surface area contributed by atoms with Crippen molar-refractivity contribution >= 4 is 18.0 Å². The second kappa shape index (κ2) is 10.1. The van der Waals surface area contributed by atoms with Crippen molar-refractivity contribution in [2.24, 2.45) is 11.8 Å². The Morgan fingerprint density at radius 2 is 1.54 bits per heavy atom. The lowest BCUT2D eigenvalue weighted by atomic mass is 9.92. The molecule has 184 valence electrons. The van der Waals surface area contributed by atoms with Crippen LogP contribution in [0.5, 0.6) is 0 Å². The minimum Gasteiger partial charge on any atom is -0.481 e. The number of nitrogens with one attached hydrogen (secondary N) is 1. The zero-order valence-corrected chi connectivity index (χ0v) is 19.8. The van der Waals surface area contributed by atoms with Crippen LogP contribution in [0.25, 0.3) is 11.1 Å². The molecule has 5 rings (SSSR count). The summed E-state index contributed by atoms with van der Waals surface area (Å²) >= 11 is 0. The van der Waals surface area contributed by atoms with Crippen LogP contribution in [-0.4, -0.2) is 53.7 Å². The maximum Gasteiger partial charge on any atom is 0.407 e. The Bertz CT molecular complexity index is 1060. The van der Waals surface area contributed by atoms with Gasteiger partial charge in [-0.2, -0.15) is 0 Å². The van der Waals surface area contributed by atoms with Crippen LogP contribution in [-0.2, 0) is 14.3 Å². The van der Waals surface area contributed by atoms with Crippen molar-refractivity contribution in [3.63, 3.8) is 0 Å². The normalized spacial score (nSPS) is 21.9. The molecule has 2 amide bonds. The van der Waals surface area contributed by atoms with Crippen LogP contribution in [0.1, 0.15) is 55.6 Å². The number of hydrogen-bond acceptors (Lipinski definition) is 4. The van der Waals surface area contributed by atoms with E-state index in [4.69, 9.17) is 9.84 Å². The highest BCUT2D eigenvalue weighted by Crippen LogP contribution is 2.44.